The zero-order valence-electron chi connectivity index (χ0n) is 10.1. The highest BCUT2D eigenvalue weighted by Gasteiger charge is 2.29. The molecule has 0 bridgehead atoms. The van der Waals surface area contributed by atoms with E-state index in [-0.39, 0.29) is 12.5 Å². The van der Waals surface area contributed by atoms with Gasteiger partial charge in [-0.3, -0.25) is 4.79 Å². The summed E-state index contributed by atoms with van der Waals surface area (Å²) < 4.78 is 9.90. The van der Waals surface area contributed by atoms with Crippen LogP contribution in [-0.2, 0) is 25.5 Å². The molecule has 0 aromatic carbocycles. The number of methoxy groups -OCH3 is 1. The van der Waals surface area contributed by atoms with Crippen LogP contribution in [0.15, 0.2) is 17.5 Å². The van der Waals surface area contributed by atoms with Crippen LogP contribution >= 0.6 is 11.3 Å². The van der Waals surface area contributed by atoms with Crippen molar-refractivity contribution in [3.63, 3.8) is 0 Å². The second kappa shape index (κ2) is 5.97. The van der Waals surface area contributed by atoms with Gasteiger partial charge in [-0.25, -0.2) is 4.79 Å². The quantitative estimate of drug-likeness (QED) is 0.758. The van der Waals surface area contributed by atoms with E-state index >= 15 is 0 Å². The largest absolute Gasteiger partial charge is 0.467 e. The first-order chi connectivity index (χ1) is 8.70. The van der Waals surface area contributed by atoms with Crippen molar-refractivity contribution in [2.75, 3.05) is 26.8 Å². The monoisotopic (exact) mass is 269 g/mol. The summed E-state index contributed by atoms with van der Waals surface area (Å²) in [5.74, 6) is -0.404. The lowest BCUT2D eigenvalue weighted by molar-refractivity contribution is -0.162. The van der Waals surface area contributed by atoms with Gasteiger partial charge in [0.05, 0.1) is 26.7 Å². The highest BCUT2D eigenvalue weighted by molar-refractivity contribution is 7.10. The number of ether oxygens (including phenoxy) is 2. The van der Waals surface area contributed by atoms with Crippen molar-refractivity contribution in [2.24, 2.45) is 0 Å². The van der Waals surface area contributed by atoms with Gasteiger partial charge in [0.25, 0.3) is 0 Å². The Balaban J connectivity index is 1.92. The summed E-state index contributed by atoms with van der Waals surface area (Å²) in [6.45, 7) is 1.17. The number of amides is 1. The predicted octanol–water partition coefficient (Wildman–Crippen LogP) is 0.691. The molecule has 1 saturated heterocycles. The van der Waals surface area contributed by atoms with Crippen molar-refractivity contribution in [3.05, 3.63) is 22.4 Å². The molecule has 2 rings (SSSR count). The first kappa shape index (κ1) is 13.0. The Morgan fingerprint density at radius 1 is 1.61 bits per heavy atom. The van der Waals surface area contributed by atoms with Crippen LogP contribution in [0.5, 0.6) is 0 Å². The molecule has 1 aromatic rings. The lowest BCUT2D eigenvalue weighted by Gasteiger charge is -2.31. The average molecular weight is 269 g/mol. The van der Waals surface area contributed by atoms with E-state index < -0.39 is 12.1 Å². The maximum atomic E-state index is 12.0. The number of carbonyl (C=O) groups excluding carboxylic acids is 2. The maximum absolute atomic E-state index is 12.0. The summed E-state index contributed by atoms with van der Waals surface area (Å²) >= 11 is 1.56. The van der Waals surface area contributed by atoms with Crippen LogP contribution in [0.25, 0.3) is 0 Å². The molecule has 2 heterocycles. The van der Waals surface area contributed by atoms with Crippen LogP contribution < -0.4 is 0 Å². The van der Waals surface area contributed by atoms with Crippen LogP contribution in [0.4, 0.5) is 0 Å². The lowest BCUT2D eigenvalue weighted by Crippen LogP contribution is -2.49. The normalized spacial score (nSPS) is 19.6. The maximum Gasteiger partial charge on any atom is 0.336 e. The first-order valence-corrected chi connectivity index (χ1v) is 6.58. The smallest absolute Gasteiger partial charge is 0.336 e. The molecule has 0 spiro atoms. The Labute approximate surface area is 109 Å². The van der Waals surface area contributed by atoms with Gasteiger partial charge in [0, 0.05) is 11.4 Å². The minimum absolute atomic E-state index is 0.0228. The van der Waals surface area contributed by atoms with Gasteiger partial charge in [-0.2, -0.15) is 0 Å². The molecule has 0 saturated carbocycles. The number of hydrogen-bond donors (Lipinski definition) is 0. The van der Waals surface area contributed by atoms with Gasteiger partial charge in [-0.1, -0.05) is 6.07 Å². The molecule has 1 aliphatic heterocycles. The number of morpholine rings is 1. The van der Waals surface area contributed by atoms with Crippen molar-refractivity contribution < 1.29 is 19.1 Å². The third-order valence-electron chi connectivity index (χ3n) is 2.79. The fourth-order valence-electron chi connectivity index (χ4n) is 1.82. The van der Waals surface area contributed by atoms with E-state index in [1.807, 2.05) is 17.5 Å². The van der Waals surface area contributed by atoms with Crippen LogP contribution in [0.1, 0.15) is 4.88 Å². The van der Waals surface area contributed by atoms with E-state index in [0.717, 1.165) is 4.88 Å². The number of carbonyl (C=O) groups is 2. The zero-order valence-corrected chi connectivity index (χ0v) is 10.9. The second-order valence-corrected chi connectivity index (χ2v) is 5.01. The van der Waals surface area contributed by atoms with E-state index in [2.05, 4.69) is 4.74 Å². The number of thiophene rings is 1. The fraction of sp³-hybridized carbons (Fsp3) is 0.500. The molecule has 6 heteroatoms. The third kappa shape index (κ3) is 3.08. The third-order valence-corrected chi connectivity index (χ3v) is 3.67. The molecule has 1 aromatic heterocycles. The lowest BCUT2D eigenvalue weighted by atomic mass is 10.2. The molecule has 98 valence electrons. The predicted molar refractivity (Wildman–Crippen MR) is 66.4 cm³/mol. The SMILES string of the molecule is COC(=O)C1CN(C(=O)Cc2cccs2)CCO1. The molecule has 1 fully saturated rings. The van der Waals surface area contributed by atoms with Gasteiger partial charge in [-0.15, -0.1) is 11.3 Å². The summed E-state index contributed by atoms with van der Waals surface area (Å²) in [5, 5.41) is 1.94. The molecule has 1 atom stereocenters. The van der Waals surface area contributed by atoms with Crippen molar-refractivity contribution >= 4 is 23.2 Å². The Hall–Kier alpha value is -1.40. The van der Waals surface area contributed by atoms with E-state index in [1.165, 1.54) is 7.11 Å². The summed E-state index contributed by atoms with van der Waals surface area (Å²) in [5.41, 5.74) is 0. The van der Waals surface area contributed by atoms with Crippen molar-refractivity contribution in [2.45, 2.75) is 12.5 Å². The van der Waals surface area contributed by atoms with Gasteiger partial charge in [-0.05, 0) is 11.4 Å². The average Bonchev–Trinajstić information content (AvgIpc) is 2.90. The Bertz CT molecular complexity index is 418. The molecule has 1 unspecified atom stereocenters. The number of hydrogen-bond acceptors (Lipinski definition) is 5. The van der Waals surface area contributed by atoms with Crippen LogP contribution in [0.3, 0.4) is 0 Å². The zero-order chi connectivity index (χ0) is 13.0. The Morgan fingerprint density at radius 3 is 3.11 bits per heavy atom. The van der Waals surface area contributed by atoms with Crippen molar-refractivity contribution in [1.82, 2.24) is 4.90 Å². The van der Waals surface area contributed by atoms with Gasteiger partial charge in [0.2, 0.25) is 5.91 Å². The molecule has 0 radical (unpaired) electrons. The molecule has 18 heavy (non-hydrogen) atoms. The molecule has 1 aliphatic rings. The molecule has 0 aliphatic carbocycles. The Kier molecular flexibility index (Phi) is 4.33. The molecular formula is C12H15NO4S. The summed E-state index contributed by atoms with van der Waals surface area (Å²) in [4.78, 5) is 26.1. The summed E-state index contributed by atoms with van der Waals surface area (Å²) in [7, 11) is 1.32. The minimum Gasteiger partial charge on any atom is -0.467 e. The van der Waals surface area contributed by atoms with E-state index in [0.29, 0.717) is 19.6 Å². The number of esters is 1. The molecule has 0 N–H and O–H groups in total. The molecule has 5 nitrogen and oxygen atoms in total. The molecular weight excluding hydrogens is 254 g/mol. The van der Waals surface area contributed by atoms with Crippen LogP contribution in [0, 0.1) is 0 Å². The summed E-state index contributed by atoms with van der Waals surface area (Å²) in [6.07, 6.45) is -0.276. The molecule has 1 amide bonds. The van der Waals surface area contributed by atoms with Gasteiger partial charge in [0.15, 0.2) is 6.10 Å². The highest BCUT2D eigenvalue weighted by atomic mass is 32.1. The second-order valence-electron chi connectivity index (χ2n) is 3.98. The number of nitrogens with zero attached hydrogens (tertiary/aromatic N) is 1. The van der Waals surface area contributed by atoms with Crippen molar-refractivity contribution in [1.29, 1.82) is 0 Å². The minimum atomic E-state index is -0.656. The standard InChI is InChI=1S/C12H15NO4S/c1-16-12(15)10-8-13(4-5-17-10)11(14)7-9-3-2-6-18-9/h2-3,6,10H,4-5,7-8H2,1H3. The number of rotatable bonds is 3. The van der Waals surface area contributed by atoms with E-state index in [1.54, 1.807) is 16.2 Å². The van der Waals surface area contributed by atoms with Crippen LogP contribution in [0.2, 0.25) is 0 Å². The Morgan fingerprint density at radius 2 is 2.44 bits per heavy atom. The van der Waals surface area contributed by atoms with Gasteiger partial charge < -0.3 is 14.4 Å². The van der Waals surface area contributed by atoms with Gasteiger partial charge >= 0.3 is 5.97 Å². The van der Waals surface area contributed by atoms with Gasteiger partial charge in [0.1, 0.15) is 0 Å². The van der Waals surface area contributed by atoms with Crippen molar-refractivity contribution in [3.8, 4) is 0 Å². The highest BCUT2D eigenvalue weighted by Crippen LogP contribution is 2.13. The first-order valence-electron chi connectivity index (χ1n) is 5.70. The van der Waals surface area contributed by atoms with E-state index in [9.17, 15) is 9.59 Å². The van der Waals surface area contributed by atoms with E-state index in [4.69, 9.17) is 4.74 Å². The topological polar surface area (TPSA) is 55.8 Å². The summed E-state index contributed by atoms with van der Waals surface area (Å²) in [6, 6.07) is 3.85. The van der Waals surface area contributed by atoms with Crippen LogP contribution in [-0.4, -0.2) is 49.7 Å². The fourth-order valence-corrected chi connectivity index (χ4v) is 2.52.